The smallest absolute Gasteiger partial charge is 0.286 e. The lowest BCUT2D eigenvalue weighted by Crippen LogP contribution is -2.15. The second-order valence-electron chi connectivity index (χ2n) is 3.78. The molecular formula is C13H10N4O. The van der Waals surface area contributed by atoms with Crippen LogP contribution in [0.15, 0.2) is 30.5 Å². The van der Waals surface area contributed by atoms with E-state index in [1.165, 1.54) is 0 Å². The maximum atomic E-state index is 11.1. The molecule has 0 radical (unpaired) electrons. The highest BCUT2D eigenvalue weighted by Crippen LogP contribution is 2.20. The van der Waals surface area contributed by atoms with Gasteiger partial charge in [-0.25, -0.2) is 9.97 Å². The molecule has 0 saturated carbocycles. The number of primary amides is 1. The summed E-state index contributed by atoms with van der Waals surface area (Å²) < 4.78 is 0. The summed E-state index contributed by atoms with van der Waals surface area (Å²) in [7, 11) is 0. The highest BCUT2D eigenvalue weighted by molar-refractivity contribution is 5.89. The first-order valence-corrected chi connectivity index (χ1v) is 5.26. The molecular weight excluding hydrogens is 228 g/mol. The fraction of sp³-hybridized carbons (Fsp3) is 0.0769. The van der Waals surface area contributed by atoms with Crippen LogP contribution in [0.5, 0.6) is 0 Å². The Hall–Kier alpha value is -2.74. The Morgan fingerprint density at radius 1 is 1.33 bits per heavy atom. The number of hydrogen-bond donors (Lipinski definition) is 1. The lowest BCUT2D eigenvalue weighted by atomic mass is 10.1. The maximum absolute atomic E-state index is 11.1. The third-order valence-electron chi connectivity index (χ3n) is 2.48. The predicted molar refractivity (Wildman–Crippen MR) is 65.4 cm³/mol. The molecule has 5 nitrogen and oxygen atoms in total. The topological polar surface area (TPSA) is 92.7 Å². The van der Waals surface area contributed by atoms with Gasteiger partial charge < -0.3 is 5.73 Å². The Labute approximate surface area is 104 Å². The summed E-state index contributed by atoms with van der Waals surface area (Å²) in [6.45, 7) is 1.85. The standard InChI is InChI=1S/C13H10N4O/c1-8-7-16-13(12(15)18)17-11(8)10-4-2-9(6-14)3-5-10/h2-5,7H,1H3,(H2,15,18). The average molecular weight is 238 g/mol. The van der Waals surface area contributed by atoms with E-state index in [9.17, 15) is 4.79 Å². The zero-order valence-electron chi connectivity index (χ0n) is 9.71. The second-order valence-corrected chi connectivity index (χ2v) is 3.78. The van der Waals surface area contributed by atoms with Crippen LogP contribution >= 0.6 is 0 Å². The molecule has 1 amide bonds. The second kappa shape index (κ2) is 4.63. The predicted octanol–water partition coefficient (Wildman–Crippen LogP) is 1.42. The first kappa shape index (κ1) is 11.7. The molecule has 5 heteroatoms. The van der Waals surface area contributed by atoms with Gasteiger partial charge in [-0.3, -0.25) is 4.79 Å². The molecule has 2 N–H and O–H groups in total. The summed E-state index contributed by atoms with van der Waals surface area (Å²) in [5, 5.41) is 8.73. The zero-order valence-corrected chi connectivity index (χ0v) is 9.71. The van der Waals surface area contributed by atoms with Crippen molar-refractivity contribution in [2.75, 3.05) is 0 Å². The van der Waals surface area contributed by atoms with Gasteiger partial charge in [-0.2, -0.15) is 5.26 Å². The van der Waals surface area contributed by atoms with Crippen LogP contribution in [0.3, 0.4) is 0 Å². The van der Waals surface area contributed by atoms with Gasteiger partial charge in [-0.05, 0) is 24.6 Å². The Morgan fingerprint density at radius 3 is 2.56 bits per heavy atom. The summed E-state index contributed by atoms with van der Waals surface area (Å²) in [5.74, 6) is -0.676. The minimum atomic E-state index is -0.662. The SMILES string of the molecule is Cc1cnc(C(N)=O)nc1-c1ccc(C#N)cc1. The van der Waals surface area contributed by atoms with Gasteiger partial charge in [-0.15, -0.1) is 0 Å². The van der Waals surface area contributed by atoms with Crippen LogP contribution in [-0.2, 0) is 0 Å². The highest BCUT2D eigenvalue weighted by atomic mass is 16.1. The lowest BCUT2D eigenvalue weighted by molar-refractivity contribution is 0.0990. The molecule has 0 unspecified atom stereocenters. The summed E-state index contributed by atoms with van der Waals surface area (Å²) in [6.07, 6.45) is 1.56. The van der Waals surface area contributed by atoms with Crippen LogP contribution in [0.25, 0.3) is 11.3 Å². The molecule has 0 spiro atoms. The molecule has 18 heavy (non-hydrogen) atoms. The monoisotopic (exact) mass is 238 g/mol. The quantitative estimate of drug-likeness (QED) is 0.856. The number of hydrogen-bond acceptors (Lipinski definition) is 4. The Balaban J connectivity index is 2.52. The van der Waals surface area contributed by atoms with Crippen molar-refractivity contribution < 1.29 is 4.79 Å². The number of nitriles is 1. The Bertz CT molecular complexity index is 641. The molecule has 0 bridgehead atoms. The van der Waals surface area contributed by atoms with E-state index in [1.54, 1.807) is 30.5 Å². The van der Waals surface area contributed by atoms with E-state index in [1.807, 2.05) is 13.0 Å². The van der Waals surface area contributed by atoms with Crippen LogP contribution in [0.1, 0.15) is 21.7 Å². The third kappa shape index (κ3) is 2.18. The molecule has 1 aromatic heterocycles. The number of benzene rings is 1. The van der Waals surface area contributed by atoms with Crippen molar-refractivity contribution in [3.63, 3.8) is 0 Å². The molecule has 1 heterocycles. The van der Waals surface area contributed by atoms with Crippen molar-refractivity contribution in [3.8, 4) is 17.3 Å². The zero-order chi connectivity index (χ0) is 13.1. The number of amides is 1. The number of nitrogens with two attached hydrogens (primary N) is 1. The van der Waals surface area contributed by atoms with E-state index in [2.05, 4.69) is 9.97 Å². The average Bonchev–Trinajstić information content (AvgIpc) is 2.39. The van der Waals surface area contributed by atoms with Gasteiger partial charge in [0.1, 0.15) is 0 Å². The highest BCUT2D eigenvalue weighted by Gasteiger charge is 2.09. The normalized spacial score (nSPS) is 9.78. The van der Waals surface area contributed by atoms with Gasteiger partial charge in [-0.1, -0.05) is 12.1 Å². The molecule has 0 aliphatic heterocycles. The number of rotatable bonds is 2. The molecule has 0 saturated heterocycles. The minimum Gasteiger partial charge on any atom is -0.363 e. The molecule has 1 aromatic carbocycles. The number of carbonyl (C=O) groups is 1. The summed E-state index contributed by atoms with van der Waals surface area (Å²) in [6, 6.07) is 8.99. The molecule has 2 rings (SSSR count). The molecule has 0 aliphatic rings. The van der Waals surface area contributed by atoms with Gasteiger partial charge >= 0.3 is 0 Å². The van der Waals surface area contributed by atoms with Crippen LogP contribution in [0, 0.1) is 18.3 Å². The van der Waals surface area contributed by atoms with Crippen molar-refractivity contribution in [1.29, 1.82) is 5.26 Å². The van der Waals surface area contributed by atoms with E-state index in [4.69, 9.17) is 11.0 Å². The van der Waals surface area contributed by atoms with E-state index in [-0.39, 0.29) is 5.82 Å². The summed E-state index contributed by atoms with van der Waals surface area (Å²) in [4.78, 5) is 19.0. The van der Waals surface area contributed by atoms with Crippen molar-refractivity contribution in [3.05, 3.63) is 47.4 Å². The largest absolute Gasteiger partial charge is 0.363 e. The maximum Gasteiger partial charge on any atom is 0.286 e. The van der Waals surface area contributed by atoms with Crippen molar-refractivity contribution in [2.45, 2.75) is 6.92 Å². The van der Waals surface area contributed by atoms with E-state index < -0.39 is 5.91 Å². The van der Waals surface area contributed by atoms with Gasteiger partial charge in [0, 0.05) is 11.8 Å². The first-order chi connectivity index (χ1) is 8.61. The Morgan fingerprint density at radius 2 is 2.00 bits per heavy atom. The molecule has 2 aromatic rings. The minimum absolute atomic E-state index is 0.0139. The fourth-order valence-corrected chi connectivity index (χ4v) is 1.56. The summed E-state index contributed by atoms with van der Waals surface area (Å²) >= 11 is 0. The molecule has 0 fully saturated rings. The van der Waals surface area contributed by atoms with Crippen LogP contribution in [0.4, 0.5) is 0 Å². The molecule has 88 valence electrons. The van der Waals surface area contributed by atoms with Gasteiger partial charge in [0.15, 0.2) is 0 Å². The number of nitrogens with zero attached hydrogens (tertiary/aromatic N) is 3. The Kier molecular flexibility index (Phi) is 3.02. The van der Waals surface area contributed by atoms with E-state index >= 15 is 0 Å². The molecule has 0 aliphatic carbocycles. The van der Waals surface area contributed by atoms with Gasteiger partial charge in [0.05, 0.1) is 17.3 Å². The fourth-order valence-electron chi connectivity index (χ4n) is 1.56. The summed E-state index contributed by atoms with van der Waals surface area (Å²) in [5.41, 5.74) is 8.02. The van der Waals surface area contributed by atoms with Crippen LogP contribution < -0.4 is 5.73 Å². The number of aromatic nitrogens is 2. The first-order valence-electron chi connectivity index (χ1n) is 5.26. The molecule has 0 atom stereocenters. The van der Waals surface area contributed by atoms with Gasteiger partial charge in [0.2, 0.25) is 5.82 Å². The van der Waals surface area contributed by atoms with E-state index in [0.717, 1.165) is 11.1 Å². The van der Waals surface area contributed by atoms with Crippen molar-refractivity contribution in [2.24, 2.45) is 5.73 Å². The third-order valence-corrected chi connectivity index (χ3v) is 2.48. The van der Waals surface area contributed by atoms with Crippen LogP contribution in [0.2, 0.25) is 0 Å². The van der Waals surface area contributed by atoms with Crippen LogP contribution in [-0.4, -0.2) is 15.9 Å². The van der Waals surface area contributed by atoms with Crippen molar-refractivity contribution >= 4 is 5.91 Å². The van der Waals surface area contributed by atoms with Gasteiger partial charge in [0.25, 0.3) is 5.91 Å². The number of aryl methyl sites for hydroxylation is 1. The lowest BCUT2D eigenvalue weighted by Gasteiger charge is -2.05. The van der Waals surface area contributed by atoms with E-state index in [0.29, 0.717) is 11.3 Å². The number of carbonyl (C=O) groups excluding carboxylic acids is 1. The van der Waals surface area contributed by atoms with Crippen molar-refractivity contribution in [1.82, 2.24) is 9.97 Å².